The Bertz CT molecular complexity index is 801. The average molecular weight is 325 g/mol. The molecule has 1 aliphatic rings. The van der Waals surface area contributed by atoms with E-state index in [1.54, 1.807) is 6.92 Å². The Morgan fingerprint density at radius 2 is 2.17 bits per heavy atom. The molecule has 1 fully saturated rings. The Balaban J connectivity index is 1.62. The molecule has 5 heteroatoms. The maximum Gasteiger partial charge on any atom is 0.235 e. The zero-order valence-electron chi connectivity index (χ0n) is 14.3. The number of para-hydroxylation sites is 1. The van der Waals surface area contributed by atoms with Gasteiger partial charge in [-0.3, -0.25) is 10.1 Å². The summed E-state index contributed by atoms with van der Waals surface area (Å²) in [6.45, 7) is 5.96. The van der Waals surface area contributed by atoms with Crippen LogP contribution in [0.4, 0.5) is 0 Å². The van der Waals surface area contributed by atoms with E-state index in [9.17, 15) is 10.1 Å². The maximum atomic E-state index is 12.2. The number of aryl methyl sites for hydroxylation is 1. The van der Waals surface area contributed by atoms with E-state index >= 15 is 0 Å². The largest absolute Gasteiger partial charge is 0.459 e. The highest BCUT2D eigenvalue weighted by Gasteiger charge is 2.42. The topological polar surface area (TPSA) is 78.1 Å². The van der Waals surface area contributed by atoms with Gasteiger partial charge in [-0.15, -0.1) is 0 Å². The van der Waals surface area contributed by atoms with Gasteiger partial charge < -0.3 is 9.73 Å². The molecular formula is C19H23N3O2. The van der Waals surface area contributed by atoms with Crippen LogP contribution in [0.2, 0.25) is 0 Å². The van der Waals surface area contributed by atoms with E-state index in [4.69, 9.17) is 4.42 Å². The lowest BCUT2D eigenvalue weighted by Crippen LogP contribution is -2.49. The lowest BCUT2D eigenvalue weighted by atomic mass is 9.98. The minimum Gasteiger partial charge on any atom is -0.459 e. The van der Waals surface area contributed by atoms with Crippen LogP contribution in [0, 0.1) is 24.2 Å². The average Bonchev–Trinajstić information content (AvgIpc) is 3.38. The Morgan fingerprint density at radius 1 is 1.46 bits per heavy atom. The van der Waals surface area contributed by atoms with E-state index in [1.165, 1.54) is 0 Å². The molecule has 0 radical (unpaired) electrons. The molecule has 2 aromatic rings. The summed E-state index contributed by atoms with van der Waals surface area (Å²) in [5.41, 5.74) is 1.19. The third kappa shape index (κ3) is 3.15. The SMILES string of the molecule is Cc1c([C@H](C)NCC(=O)N[C@](C)(C#N)C2CC2)oc2ccccc12. The summed E-state index contributed by atoms with van der Waals surface area (Å²) in [7, 11) is 0. The first-order valence-electron chi connectivity index (χ1n) is 8.38. The van der Waals surface area contributed by atoms with Crippen molar-refractivity contribution >= 4 is 16.9 Å². The van der Waals surface area contributed by atoms with Gasteiger partial charge in [0.25, 0.3) is 0 Å². The fourth-order valence-corrected chi connectivity index (χ4v) is 3.16. The van der Waals surface area contributed by atoms with Crippen molar-refractivity contribution in [3.05, 3.63) is 35.6 Å². The van der Waals surface area contributed by atoms with E-state index in [2.05, 4.69) is 16.7 Å². The van der Waals surface area contributed by atoms with Gasteiger partial charge in [-0.1, -0.05) is 18.2 Å². The molecule has 1 aromatic carbocycles. The molecule has 0 spiro atoms. The Hall–Kier alpha value is -2.32. The Kier molecular flexibility index (Phi) is 4.33. The zero-order valence-corrected chi connectivity index (χ0v) is 14.3. The van der Waals surface area contributed by atoms with Crippen molar-refractivity contribution in [3.63, 3.8) is 0 Å². The Morgan fingerprint density at radius 3 is 2.79 bits per heavy atom. The number of rotatable bonds is 6. The van der Waals surface area contributed by atoms with Crippen LogP contribution in [-0.4, -0.2) is 18.0 Å². The minimum atomic E-state index is -0.753. The molecule has 1 amide bonds. The zero-order chi connectivity index (χ0) is 17.3. The van der Waals surface area contributed by atoms with Crippen molar-refractivity contribution in [1.82, 2.24) is 10.6 Å². The van der Waals surface area contributed by atoms with Crippen molar-refractivity contribution in [3.8, 4) is 6.07 Å². The van der Waals surface area contributed by atoms with Gasteiger partial charge in [0.2, 0.25) is 5.91 Å². The Labute approximate surface area is 142 Å². The highest BCUT2D eigenvalue weighted by molar-refractivity contribution is 5.82. The van der Waals surface area contributed by atoms with E-state index < -0.39 is 5.54 Å². The van der Waals surface area contributed by atoms with Crippen LogP contribution in [0.5, 0.6) is 0 Å². The van der Waals surface area contributed by atoms with Crippen LogP contribution in [0.15, 0.2) is 28.7 Å². The first-order valence-corrected chi connectivity index (χ1v) is 8.38. The fourth-order valence-electron chi connectivity index (χ4n) is 3.16. The third-order valence-corrected chi connectivity index (χ3v) is 4.87. The molecule has 2 N–H and O–H groups in total. The number of benzene rings is 1. The molecule has 0 bridgehead atoms. The fraction of sp³-hybridized carbons (Fsp3) is 0.474. The summed E-state index contributed by atoms with van der Waals surface area (Å²) in [5, 5.41) is 16.5. The molecule has 1 saturated carbocycles. The molecule has 1 aliphatic carbocycles. The van der Waals surface area contributed by atoms with Gasteiger partial charge in [-0.25, -0.2) is 0 Å². The van der Waals surface area contributed by atoms with Gasteiger partial charge in [0.15, 0.2) is 0 Å². The van der Waals surface area contributed by atoms with Crippen molar-refractivity contribution < 1.29 is 9.21 Å². The van der Waals surface area contributed by atoms with Crippen LogP contribution >= 0.6 is 0 Å². The summed E-state index contributed by atoms with van der Waals surface area (Å²) in [6.07, 6.45) is 2.01. The lowest BCUT2D eigenvalue weighted by Gasteiger charge is -2.23. The molecule has 5 nitrogen and oxygen atoms in total. The molecule has 1 heterocycles. The van der Waals surface area contributed by atoms with Gasteiger partial charge in [0.1, 0.15) is 16.9 Å². The van der Waals surface area contributed by atoms with Crippen molar-refractivity contribution in [1.29, 1.82) is 5.26 Å². The van der Waals surface area contributed by atoms with Gasteiger partial charge in [0, 0.05) is 5.39 Å². The third-order valence-electron chi connectivity index (χ3n) is 4.87. The quantitative estimate of drug-likeness (QED) is 0.855. The predicted molar refractivity (Wildman–Crippen MR) is 92.3 cm³/mol. The number of hydrogen-bond donors (Lipinski definition) is 2. The van der Waals surface area contributed by atoms with Crippen molar-refractivity contribution in [2.24, 2.45) is 5.92 Å². The van der Waals surface area contributed by atoms with Crippen molar-refractivity contribution in [2.75, 3.05) is 6.54 Å². The monoisotopic (exact) mass is 325 g/mol. The molecule has 1 aromatic heterocycles. The normalized spacial score (nSPS) is 17.9. The van der Waals surface area contributed by atoms with Crippen LogP contribution in [-0.2, 0) is 4.79 Å². The summed E-state index contributed by atoms with van der Waals surface area (Å²) in [6, 6.07) is 10.1. The lowest BCUT2D eigenvalue weighted by molar-refractivity contribution is -0.121. The van der Waals surface area contributed by atoms with Crippen LogP contribution in [0.3, 0.4) is 0 Å². The first kappa shape index (κ1) is 16.5. The standard InChI is InChI=1S/C19H23N3O2/c1-12-15-6-4-5-7-16(15)24-18(12)13(2)21-10-17(23)22-19(3,11-20)14-8-9-14/h4-7,13-14,21H,8-10H2,1-3H3,(H,22,23)/t13-,19+/m0/s1. The van der Waals surface area contributed by atoms with E-state index in [0.29, 0.717) is 0 Å². The maximum absolute atomic E-state index is 12.2. The summed E-state index contributed by atoms with van der Waals surface area (Å²) >= 11 is 0. The van der Waals surface area contributed by atoms with Crippen LogP contribution in [0.1, 0.15) is 44.1 Å². The van der Waals surface area contributed by atoms with Gasteiger partial charge >= 0.3 is 0 Å². The number of nitrogens with zero attached hydrogens (tertiary/aromatic N) is 1. The highest BCUT2D eigenvalue weighted by atomic mass is 16.3. The van der Waals surface area contributed by atoms with E-state index in [-0.39, 0.29) is 24.4 Å². The molecule has 0 aliphatic heterocycles. The van der Waals surface area contributed by atoms with Crippen LogP contribution in [0.25, 0.3) is 11.0 Å². The van der Waals surface area contributed by atoms with Gasteiger partial charge in [0.05, 0.1) is 18.7 Å². The second-order valence-electron chi connectivity index (χ2n) is 6.83. The molecule has 0 unspecified atom stereocenters. The molecule has 126 valence electrons. The number of hydrogen-bond acceptors (Lipinski definition) is 4. The summed E-state index contributed by atoms with van der Waals surface area (Å²) in [4.78, 5) is 12.2. The summed E-state index contributed by atoms with van der Waals surface area (Å²) < 4.78 is 5.92. The van der Waals surface area contributed by atoms with Gasteiger partial charge in [-0.05, 0) is 51.2 Å². The highest BCUT2D eigenvalue weighted by Crippen LogP contribution is 2.39. The predicted octanol–water partition coefficient (Wildman–Crippen LogP) is 3.20. The number of amides is 1. The molecule has 0 saturated heterocycles. The first-order chi connectivity index (χ1) is 11.4. The molecule has 3 rings (SSSR count). The molecule has 2 atom stereocenters. The van der Waals surface area contributed by atoms with Crippen molar-refractivity contribution in [2.45, 2.75) is 45.2 Å². The minimum absolute atomic E-state index is 0.0857. The number of fused-ring (bicyclic) bond motifs is 1. The molecule has 24 heavy (non-hydrogen) atoms. The second-order valence-corrected chi connectivity index (χ2v) is 6.83. The smallest absolute Gasteiger partial charge is 0.235 e. The summed E-state index contributed by atoms with van der Waals surface area (Å²) in [5.74, 6) is 0.960. The number of carbonyl (C=O) groups excluding carboxylic acids is 1. The number of nitrogens with one attached hydrogen (secondary N) is 2. The van der Waals surface area contributed by atoms with E-state index in [0.717, 1.165) is 35.1 Å². The van der Waals surface area contributed by atoms with E-state index in [1.807, 2.05) is 38.1 Å². The molecular weight excluding hydrogens is 302 g/mol. The van der Waals surface area contributed by atoms with Gasteiger partial charge in [-0.2, -0.15) is 5.26 Å². The number of carbonyl (C=O) groups is 1. The second kappa shape index (κ2) is 6.29. The number of furan rings is 1. The number of nitriles is 1. The van der Waals surface area contributed by atoms with Crippen LogP contribution < -0.4 is 10.6 Å².